The first-order valence-electron chi connectivity index (χ1n) is 9.32. The zero-order valence-electron chi connectivity index (χ0n) is 17.2. The summed E-state index contributed by atoms with van der Waals surface area (Å²) in [7, 11) is 3.92. The number of carbonyl (C=O) groups excluding carboxylic acids is 1. The third-order valence-electron chi connectivity index (χ3n) is 4.76. The second-order valence-corrected chi connectivity index (χ2v) is 8.46. The number of imidazole rings is 1. The molecule has 6 heteroatoms. The van der Waals surface area contributed by atoms with Gasteiger partial charge in [0.25, 0.3) is 0 Å². The molecule has 0 radical (unpaired) electrons. The number of aryl methyl sites for hydroxylation is 3. The molecule has 0 fully saturated rings. The van der Waals surface area contributed by atoms with Crippen molar-refractivity contribution in [1.29, 1.82) is 0 Å². The van der Waals surface area contributed by atoms with Gasteiger partial charge in [-0.2, -0.15) is 5.10 Å². The maximum absolute atomic E-state index is 13.0. The second-order valence-electron chi connectivity index (χ2n) is 8.46. The Morgan fingerprint density at radius 2 is 1.85 bits per heavy atom. The zero-order chi connectivity index (χ0) is 19.8. The summed E-state index contributed by atoms with van der Waals surface area (Å²) < 4.78 is 3.91. The normalized spacial score (nSPS) is 11.9. The molecule has 0 aliphatic carbocycles. The van der Waals surface area contributed by atoms with Gasteiger partial charge in [0, 0.05) is 26.2 Å². The first-order valence-corrected chi connectivity index (χ1v) is 9.32. The van der Waals surface area contributed by atoms with Gasteiger partial charge in [-0.1, -0.05) is 32.9 Å². The fourth-order valence-corrected chi connectivity index (χ4v) is 3.21. The Morgan fingerprint density at radius 1 is 1.15 bits per heavy atom. The number of para-hydroxylation sites is 2. The van der Waals surface area contributed by atoms with Crippen LogP contribution in [0.25, 0.3) is 11.0 Å². The quantitative estimate of drug-likeness (QED) is 0.693. The van der Waals surface area contributed by atoms with E-state index in [9.17, 15) is 4.79 Å². The van der Waals surface area contributed by atoms with Crippen LogP contribution in [0.1, 0.15) is 44.4 Å². The Kier molecular flexibility index (Phi) is 5.09. The van der Waals surface area contributed by atoms with Crippen LogP contribution in [0.5, 0.6) is 0 Å². The van der Waals surface area contributed by atoms with Crippen LogP contribution in [0.15, 0.2) is 30.3 Å². The number of hydrogen-bond acceptors (Lipinski definition) is 3. The molecule has 0 saturated carbocycles. The van der Waals surface area contributed by atoms with Crippen molar-refractivity contribution in [3.8, 4) is 0 Å². The molecule has 0 bridgehead atoms. The number of amides is 1. The van der Waals surface area contributed by atoms with Gasteiger partial charge in [0.1, 0.15) is 5.82 Å². The number of benzene rings is 1. The fraction of sp³-hybridized carbons (Fsp3) is 0.476. The van der Waals surface area contributed by atoms with Gasteiger partial charge in [-0.15, -0.1) is 0 Å². The molecule has 2 aromatic heterocycles. The topological polar surface area (TPSA) is 56.0 Å². The van der Waals surface area contributed by atoms with Crippen molar-refractivity contribution >= 4 is 16.9 Å². The third kappa shape index (κ3) is 4.38. The lowest BCUT2D eigenvalue weighted by Crippen LogP contribution is -2.33. The molecule has 2 heterocycles. The molecule has 0 saturated heterocycles. The van der Waals surface area contributed by atoms with E-state index in [0.717, 1.165) is 28.2 Å². The molecule has 0 spiro atoms. The van der Waals surface area contributed by atoms with E-state index < -0.39 is 0 Å². The van der Waals surface area contributed by atoms with E-state index in [1.54, 1.807) is 0 Å². The molecule has 27 heavy (non-hydrogen) atoms. The first-order chi connectivity index (χ1) is 12.6. The molecule has 1 amide bonds. The smallest absolute Gasteiger partial charge is 0.223 e. The van der Waals surface area contributed by atoms with Crippen LogP contribution in [0, 0.1) is 12.3 Å². The maximum atomic E-state index is 13.0. The van der Waals surface area contributed by atoms with Gasteiger partial charge in [-0.05, 0) is 30.5 Å². The molecule has 0 atom stereocenters. The van der Waals surface area contributed by atoms with Crippen LogP contribution in [-0.4, -0.2) is 30.1 Å². The second kappa shape index (κ2) is 7.18. The summed E-state index contributed by atoms with van der Waals surface area (Å²) in [5, 5.41) is 4.53. The minimum absolute atomic E-state index is 0.0677. The highest BCUT2D eigenvalue weighted by Gasteiger charge is 2.24. The highest BCUT2D eigenvalue weighted by atomic mass is 16.2. The van der Waals surface area contributed by atoms with Gasteiger partial charge in [-0.3, -0.25) is 9.48 Å². The number of hydrogen-bond donors (Lipinski definition) is 0. The molecule has 3 rings (SSSR count). The SMILES string of the molecule is Cc1cc(CN(Cc2nc3ccccc3n2C)C(=O)CC(C)(C)C)nn1C. The summed E-state index contributed by atoms with van der Waals surface area (Å²) in [5.74, 6) is 1.00. The summed E-state index contributed by atoms with van der Waals surface area (Å²) in [6.07, 6.45) is 0.489. The van der Waals surface area contributed by atoms with Crippen LogP contribution in [0.3, 0.4) is 0 Å². The summed E-state index contributed by atoms with van der Waals surface area (Å²) in [6.45, 7) is 9.23. The lowest BCUT2D eigenvalue weighted by molar-refractivity contribution is -0.134. The van der Waals surface area contributed by atoms with E-state index in [1.165, 1.54) is 0 Å². The Balaban J connectivity index is 1.90. The van der Waals surface area contributed by atoms with Gasteiger partial charge < -0.3 is 9.47 Å². The molecular formula is C21H29N5O. The fourth-order valence-electron chi connectivity index (χ4n) is 3.21. The molecule has 6 nitrogen and oxygen atoms in total. The molecule has 1 aromatic carbocycles. The Labute approximate surface area is 160 Å². The number of nitrogens with zero attached hydrogens (tertiary/aromatic N) is 5. The standard InChI is InChI=1S/C21H29N5O/c1-15-11-16(23-25(15)6)13-26(20(27)12-21(2,3)4)14-19-22-17-9-7-8-10-18(17)24(19)5/h7-11H,12-14H2,1-6H3. The third-order valence-corrected chi connectivity index (χ3v) is 4.76. The van der Waals surface area contributed by atoms with E-state index >= 15 is 0 Å². The monoisotopic (exact) mass is 367 g/mol. The zero-order valence-corrected chi connectivity index (χ0v) is 17.2. The average Bonchev–Trinajstić information content (AvgIpc) is 3.05. The molecule has 0 aliphatic heterocycles. The maximum Gasteiger partial charge on any atom is 0.223 e. The van der Waals surface area contributed by atoms with Crippen LogP contribution in [0.4, 0.5) is 0 Å². The number of rotatable bonds is 5. The van der Waals surface area contributed by atoms with Crippen molar-refractivity contribution in [3.05, 3.63) is 47.5 Å². The number of fused-ring (bicyclic) bond motifs is 1. The van der Waals surface area contributed by atoms with Crippen molar-refractivity contribution in [2.75, 3.05) is 0 Å². The van der Waals surface area contributed by atoms with Crippen molar-refractivity contribution in [3.63, 3.8) is 0 Å². The molecule has 0 unspecified atom stereocenters. The lowest BCUT2D eigenvalue weighted by atomic mass is 9.91. The van der Waals surface area contributed by atoms with E-state index in [1.807, 2.05) is 54.9 Å². The number of carbonyl (C=O) groups is 1. The van der Waals surface area contributed by atoms with Gasteiger partial charge in [0.05, 0.1) is 29.8 Å². The Hall–Kier alpha value is -2.63. The number of aromatic nitrogens is 4. The highest BCUT2D eigenvalue weighted by molar-refractivity contribution is 5.78. The van der Waals surface area contributed by atoms with Gasteiger partial charge in [0.2, 0.25) is 5.91 Å². The predicted molar refractivity (Wildman–Crippen MR) is 107 cm³/mol. The van der Waals surface area contributed by atoms with Gasteiger partial charge in [0.15, 0.2) is 0 Å². The van der Waals surface area contributed by atoms with Gasteiger partial charge >= 0.3 is 0 Å². The van der Waals surface area contributed by atoms with Crippen LogP contribution in [0.2, 0.25) is 0 Å². The van der Waals surface area contributed by atoms with Crippen molar-refractivity contribution in [2.45, 2.75) is 47.2 Å². The molecule has 3 aromatic rings. The summed E-state index contributed by atoms with van der Waals surface area (Å²) in [4.78, 5) is 19.6. The van der Waals surface area contributed by atoms with Crippen molar-refractivity contribution in [2.24, 2.45) is 19.5 Å². The summed E-state index contributed by atoms with van der Waals surface area (Å²) in [6, 6.07) is 10.1. The van der Waals surface area contributed by atoms with Crippen LogP contribution < -0.4 is 0 Å². The van der Waals surface area contributed by atoms with Gasteiger partial charge in [-0.25, -0.2) is 4.98 Å². The van der Waals surface area contributed by atoms with E-state index in [2.05, 4.69) is 36.5 Å². The summed E-state index contributed by atoms with van der Waals surface area (Å²) in [5.41, 5.74) is 3.94. The Morgan fingerprint density at radius 3 is 2.44 bits per heavy atom. The minimum atomic E-state index is -0.0677. The average molecular weight is 367 g/mol. The lowest BCUT2D eigenvalue weighted by Gasteiger charge is -2.26. The summed E-state index contributed by atoms with van der Waals surface area (Å²) >= 11 is 0. The van der Waals surface area contributed by atoms with Crippen LogP contribution in [-0.2, 0) is 32.0 Å². The largest absolute Gasteiger partial charge is 0.330 e. The highest BCUT2D eigenvalue weighted by Crippen LogP contribution is 2.23. The molecule has 0 N–H and O–H groups in total. The molecule has 0 aliphatic rings. The first kappa shape index (κ1) is 19.1. The van der Waals surface area contributed by atoms with Crippen molar-refractivity contribution < 1.29 is 4.79 Å². The van der Waals surface area contributed by atoms with E-state index in [0.29, 0.717) is 19.5 Å². The predicted octanol–water partition coefficient (Wildman–Crippen LogP) is 3.58. The van der Waals surface area contributed by atoms with E-state index in [-0.39, 0.29) is 11.3 Å². The molecular weight excluding hydrogens is 338 g/mol. The Bertz CT molecular complexity index is 941. The van der Waals surface area contributed by atoms with Crippen molar-refractivity contribution in [1.82, 2.24) is 24.2 Å². The minimum Gasteiger partial charge on any atom is -0.330 e. The van der Waals surface area contributed by atoms with E-state index in [4.69, 9.17) is 4.98 Å². The molecule has 144 valence electrons. The van der Waals surface area contributed by atoms with Crippen LogP contribution >= 0.6 is 0 Å².